The molecule has 1 aliphatic rings. The van der Waals surface area contributed by atoms with Crippen LogP contribution in [0.2, 0.25) is 0 Å². The van der Waals surface area contributed by atoms with Crippen molar-refractivity contribution in [1.82, 2.24) is 4.90 Å². The molecule has 1 N–H and O–H groups in total. The van der Waals surface area contributed by atoms with E-state index in [0.29, 0.717) is 12.5 Å². The van der Waals surface area contributed by atoms with Crippen LogP contribution in [0.25, 0.3) is 0 Å². The maximum atomic E-state index is 10.9. The first-order valence-electron chi connectivity index (χ1n) is 4.60. The van der Waals surface area contributed by atoms with Gasteiger partial charge >= 0.3 is 5.97 Å². The van der Waals surface area contributed by atoms with Crippen LogP contribution in [0.1, 0.15) is 32.6 Å². The Morgan fingerprint density at radius 3 is 2.62 bits per heavy atom. The summed E-state index contributed by atoms with van der Waals surface area (Å²) in [4.78, 5) is 23.0. The van der Waals surface area contributed by atoms with Crippen molar-refractivity contribution in [3.05, 3.63) is 0 Å². The summed E-state index contributed by atoms with van der Waals surface area (Å²) in [6, 6.07) is 0.303. The molecule has 4 nitrogen and oxygen atoms in total. The Hall–Kier alpha value is -1.06. The predicted octanol–water partition coefficient (Wildman–Crippen LogP) is 0.862. The van der Waals surface area contributed by atoms with Gasteiger partial charge in [-0.1, -0.05) is 0 Å². The van der Waals surface area contributed by atoms with E-state index in [2.05, 4.69) is 0 Å². The highest BCUT2D eigenvalue weighted by atomic mass is 16.4. The summed E-state index contributed by atoms with van der Waals surface area (Å²) in [7, 11) is 0. The number of nitrogens with zero attached hydrogens (tertiary/aromatic N) is 1. The van der Waals surface area contributed by atoms with Crippen LogP contribution >= 0.6 is 0 Å². The first-order valence-corrected chi connectivity index (χ1v) is 4.60. The smallest absolute Gasteiger partial charge is 0.303 e. The van der Waals surface area contributed by atoms with Gasteiger partial charge in [0.1, 0.15) is 0 Å². The van der Waals surface area contributed by atoms with Crippen LogP contribution in [0.3, 0.4) is 0 Å². The molecule has 0 aliphatic carbocycles. The predicted molar refractivity (Wildman–Crippen MR) is 47.3 cm³/mol. The van der Waals surface area contributed by atoms with Gasteiger partial charge in [0.15, 0.2) is 0 Å². The van der Waals surface area contributed by atoms with Gasteiger partial charge in [-0.15, -0.1) is 0 Å². The van der Waals surface area contributed by atoms with E-state index in [0.717, 1.165) is 19.4 Å². The number of carboxylic acids is 1. The topological polar surface area (TPSA) is 57.6 Å². The Morgan fingerprint density at radius 1 is 1.54 bits per heavy atom. The van der Waals surface area contributed by atoms with Crippen molar-refractivity contribution in [1.29, 1.82) is 0 Å². The quantitative estimate of drug-likeness (QED) is 0.706. The maximum absolute atomic E-state index is 10.9. The molecule has 1 saturated heterocycles. The van der Waals surface area contributed by atoms with E-state index in [1.54, 1.807) is 6.92 Å². The molecule has 0 saturated carbocycles. The molecule has 1 fully saturated rings. The van der Waals surface area contributed by atoms with Gasteiger partial charge in [-0.25, -0.2) is 0 Å². The van der Waals surface area contributed by atoms with E-state index in [4.69, 9.17) is 5.11 Å². The SMILES string of the molecule is CC(=O)N1CCC1CCCC(=O)O. The standard InChI is InChI=1S/C9H15NO3/c1-7(11)10-6-5-8(10)3-2-4-9(12)13/h8H,2-6H2,1H3,(H,12,13). The van der Waals surface area contributed by atoms with E-state index in [-0.39, 0.29) is 12.3 Å². The highest BCUT2D eigenvalue weighted by Crippen LogP contribution is 2.22. The summed E-state index contributed by atoms with van der Waals surface area (Å²) in [6.45, 7) is 2.40. The second-order valence-corrected chi connectivity index (χ2v) is 3.44. The lowest BCUT2D eigenvalue weighted by molar-refractivity contribution is -0.137. The molecule has 0 aromatic heterocycles. The van der Waals surface area contributed by atoms with Crippen LogP contribution in [-0.2, 0) is 9.59 Å². The third-order valence-corrected chi connectivity index (χ3v) is 2.48. The molecule has 1 atom stereocenters. The maximum Gasteiger partial charge on any atom is 0.303 e. The number of carbonyl (C=O) groups excluding carboxylic acids is 1. The average Bonchev–Trinajstić information content (AvgIpc) is 1.93. The number of carbonyl (C=O) groups is 2. The molecule has 1 amide bonds. The second kappa shape index (κ2) is 4.25. The molecule has 0 aromatic carbocycles. The third kappa shape index (κ3) is 2.72. The largest absolute Gasteiger partial charge is 0.481 e. The van der Waals surface area contributed by atoms with Gasteiger partial charge in [-0.05, 0) is 19.3 Å². The Morgan fingerprint density at radius 2 is 2.23 bits per heavy atom. The zero-order valence-corrected chi connectivity index (χ0v) is 7.82. The van der Waals surface area contributed by atoms with Crippen molar-refractivity contribution >= 4 is 11.9 Å². The van der Waals surface area contributed by atoms with Gasteiger partial charge < -0.3 is 10.0 Å². The van der Waals surface area contributed by atoms with Crippen molar-refractivity contribution < 1.29 is 14.7 Å². The molecule has 74 valence electrons. The molecule has 1 unspecified atom stereocenters. The lowest BCUT2D eigenvalue weighted by Gasteiger charge is -2.40. The zero-order valence-electron chi connectivity index (χ0n) is 7.82. The summed E-state index contributed by atoms with van der Waals surface area (Å²) in [6.07, 6.45) is 2.73. The fourth-order valence-corrected chi connectivity index (χ4v) is 1.64. The summed E-state index contributed by atoms with van der Waals surface area (Å²) >= 11 is 0. The Labute approximate surface area is 77.5 Å². The third-order valence-electron chi connectivity index (χ3n) is 2.48. The van der Waals surface area contributed by atoms with Crippen molar-refractivity contribution in [2.75, 3.05) is 6.54 Å². The second-order valence-electron chi connectivity index (χ2n) is 3.44. The van der Waals surface area contributed by atoms with Gasteiger partial charge in [-0.3, -0.25) is 9.59 Å². The van der Waals surface area contributed by atoms with Crippen molar-refractivity contribution in [3.8, 4) is 0 Å². The van der Waals surface area contributed by atoms with Crippen molar-refractivity contribution in [2.24, 2.45) is 0 Å². The fourth-order valence-electron chi connectivity index (χ4n) is 1.64. The molecule has 0 radical (unpaired) electrons. The number of carboxylic acid groups (broad SMARTS) is 1. The summed E-state index contributed by atoms with van der Waals surface area (Å²) in [5, 5.41) is 8.41. The van der Waals surface area contributed by atoms with Crippen LogP contribution in [0.15, 0.2) is 0 Å². The van der Waals surface area contributed by atoms with Gasteiger partial charge in [0.05, 0.1) is 0 Å². The van der Waals surface area contributed by atoms with E-state index in [1.807, 2.05) is 4.90 Å². The first-order chi connectivity index (χ1) is 6.11. The van der Waals surface area contributed by atoms with E-state index in [1.165, 1.54) is 0 Å². The number of aliphatic carboxylic acids is 1. The van der Waals surface area contributed by atoms with E-state index in [9.17, 15) is 9.59 Å². The van der Waals surface area contributed by atoms with Crippen LogP contribution < -0.4 is 0 Å². The monoisotopic (exact) mass is 185 g/mol. The molecule has 1 rings (SSSR count). The number of rotatable bonds is 4. The summed E-state index contributed by atoms with van der Waals surface area (Å²) in [5.74, 6) is -0.653. The minimum Gasteiger partial charge on any atom is -0.481 e. The Balaban J connectivity index is 2.15. The Bertz CT molecular complexity index is 215. The molecule has 0 bridgehead atoms. The zero-order chi connectivity index (χ0) is 9.84. The molecule has 1 heterocycles. The van der Waals surface area contributed by atoms with Crippen LogP contribution in [-0.4, -0.2) is 34.5 Å². The molecule has 0 spiro atoms. The highest BCUT2D eigenvalue weighted by molar-refractivity contribution is 5.74. The molecular weight excluding hydrogens is 170 g/mol. The lowest BCUT2D eigenvalue weighted by atomic mass is 9.97. The number of likely N-dealkylation sites (tertiary alicyclic amines) is 1. The minimum atomic E-state index is -0.756. The number of hydrogen-bond acceptors (Lipinski definition) is 2. The molecule has 1 aliphatic heterocycles. The van der Waals surface area contributed by atoms with Crippen LogP contribution in [0.4, 0.5) is 0 Å². The van der Waals surface area contributed by atoms with E-state index < -0.39 is 5.97 Å². The van der Waals surface area contributed by atoms with Gasteiger partial charge in [0.25, 0.3) is 0 Å². The van der Waals surface area contributed by atoms with Crippen molar-refractivity contribution in [2.45, 2.75) is 38.6 Å². The van der Waals surface area contributed by atoms with Gasteiger partial charge in [0, 0.05) is 25.9 Å². The minimum absolute atomic E-state index is 0.103. The van der Waals surface area contributed by atoms with Gasteiger partial charge in [0.2, 0.25) is 5.91 Å². The average molecular weight is 185 g/mol. The van der Waals surface area contributed by atoms with Gasteiger partial charge in [-0.2, -0.15) is 0 Å². The lowest BCUT2D eigenvalue weighted by Crippen LogP contribution is -2.50. The van der Waals surface area contributed by atoms with Crippen LogP contribution in [0.5, 0.6) is 0 Å². The molecular formula is C9H15NO3. The summed E-state index contributed by atoms with van der Waals surface area (Å²) < 4.78 is 0. The van der Waals surface area contributed by atoms with Crippen molar-refractivity contribution in [3.63, 3.8) is 0 Å². The first kappa shape index (κ1) is 10.0. The molecule has 13 heavy (non-hydrogen) atoms. The highest BCUT2D eigenvalue weighted by Gasteiger charge is 2.29. The number of hydrogen-bond donors (Lipinski definition) is 1. The normalized spacial score (nSPS) is 21.0. The number of amides is 1. The molecule has 0 aromatic rings. The fraction of sp³-hybridized carbons (Fsp3) is 0.778. The summed E-state index contributed by atoms with van der Waals surface area (Å²) in [5.41, 5.74) is 0. The Kier molecular flexibility index (Phi) is 3.28. The van der Waals surface area contributed by atoms with Crippen LogP contribution in [0, 0.1) is 0 Å². The van der Waals surface area contributed by atoms with E-state index >= 15 is 0 Å². The molecule has 4 heteroatoms.